The molecule has 1 aromatic rings. The number of hydrogen-bond acceptors (Lipinski definition) is 4. The van der Waals surface area contributed by atoms with Gasteiger partial charge in [0.25, 0.3) is 5.91 Å². The number of rotatable bonds is 7. The molecule has 5 nitrogen and oxygen atoms in total. The molecule has 6 heteroatoms. The van der Waals surface area contributed by atoms with Gasteiger partial charge in [0, 0.05) is 18.8 Å². The van der Waals surface area contributed by atoms with Crippen LogP contribution in [0.3, 0.4) is 0 Å². The Morgan fingerprint density at radius 1 is 1.50 bits per heavy atom. The van der Waals surface area contributed by atoms with Crippen molar-refractivity contribution in [3.8, 4) is 0 Å². The Hall–Kier alpha value is -1.33. The highest BCUT2D eigenvalue weighted by atomic mass is 35.5. The second kappa shape index (κ2) is 8.07. The number of aromatic nitrogens is 1. The van der Waals surface area contributed by atoms with Gasteiger partial charge in [0.2, 0.25) is 0 Å². The Balaban J connectivity index is 2.86. The van der Waals surface area contributed by atoms with Crippen molar-refractivity contribution in [2.24, 2.45) is 5.84 Å². The molecule has 0 bridgehead atoms. The number of anilines is 1. The van der Waals surface area contributed by atoms with Gasteiger partial charge in [-0.2, -0.15) is 0 Å². The van der Waals surface area contributed by atoms with Crippen LogP contribution in [0.25, 0.3) is 0 Å². The summed E-state index contributed by atoms with van der Waals surface area (Å²) in [6.45, 7) is 6.91. The molecule has 0 aliphatic carbocycles. The van der Waals surface area contributed by atoms with E-state index in [9.17, 15) is 4.79 Å². The highest BCUT2D eigenvalue weighted by molar-refractivity contribution is 6.33. The summed E-state index contributed by atoms with van der Waals surface area (Å²) in [4.78, 5) is 18.4. The van der Waals surface area contributed by atoms with Crippen molar-refractivity contribution in [1.82, 2.24) is 9.88 Å². The first-order valence-corrected chi connectivity index (χ1v) is 7.32. The molecule has 1 aromatic heterocycles. The van der Waals surface area contributed by atoms with E-state index in [-0.39, 0.29) is 11.9 Å². The van der Waals surface area contributed by atoms with Crippen LogP contribution < -0.4 is 11.3 Å². The number of amides is 1. The van der Waals surface area contributed by atoms with Gasteiger partial charge < -0.3 is 10.3 Å². The molecule has 0 unspecified atom stereocenters. The lowest BCUT2D eigenvalue weighted by molar-refractivity contribution is 0.0702. The first kappa shape index (κ1) is 16.7. The van der Waals surface area contributed by atoms with E-state index in [0.29, 0.717) is 16.4 Å². The molecule has 0 aromatic carbocycles. The minimum atomic E-state index is -0.0472. The number of nitrogen functional groups attached to an aromatic ring is 1. The Labute approximate surface area is 125 Å². The Morgan fingerprint density at radius 2 is 2.20 bits per heavy atom. The maximum Gasteiger partial charge on any atom is 0.255 e. The van der Waals surface area contributed by atoms with Gasteiger partial charge in [-0.25, -0.2) is 10.8 Å². The number of nitrogens with zero attached hydrogens (tertiary/aromatic N) is 2. The van der Waals surface area contributed by atoms with E-state index in [1.165, 1.54) is 6.20 Å². The van der Waals surface area contributed by atoms with Crippen LogP contribution in [-0.4, -0.2) is 28.4 Å². The molecule has 0 fully saturated rings. The number of nitrogens with two attached hydrogens (primary N) is 1. The molecular formula is C14H23ClN4O. The van der Waals surface area contributed by atoms with Gasteiger partial charge in [-0.1, -0.05) is 31.4 Å². The van der Waals surface area contributed by atoms with Gasteiger partial charge in [-0.05, 0) is 26.3 Å². The van der Waals surface area contributed by atoms with Crippen LogP contribution >= 0.6 is 11.6 Å². The minimum absolute atomic E-state index is 0.0472. The lowest BCUT2D eigenvalue weighted by atomic mass is 10.1. The molecule has 0 atom stereocenters. The number of pyridine rings is 1. The van der Waals surface area contributed by atoms with Crippen molar-refractivity contribution in [2.75, 3.05) is 12.0 Å². The summed E-state index contributed by atoms with van der Waals surface area (Å²) in [6.07, 6.45) is 4.75. The van der Waals surface area contributed by atoms with Crippen LogP contribution in [-0.2, 0) is 0 Å². The molecule has 1 rings (SSSR count). The average molecular weight is 299 g/mol. The van der Waals surface area contributed by atoms with Gasteiger partial charge in [0.05, 0.1) is 10.6 Å². The summed E-state index contributed by atoms with van der Waals surface area (Å²) in [6, 6.07) is 1.74. The van der Waals surface area contributed by atoms with Crippen molar-refractivity contribution >= 4 is 23.3 Å². The molecule has 3 N–H and O–H groups in total. The summed E-state index contributed by atoms with van der Waals surface area (Å²) in [5, 5.41) is 0.343. The smallest absolute Gasteiger partial charge is 0.255 e. The van der Waals surface area contributed by atoms with Crippen molar-refractivity contribution in [3.05, 3.63) is 22.8 Å². The standard InChI is InChI=1S/C14H23ClN4O/c1-4-5-6-7-19(10(2)3)14(20)11-8-12(15)13(18-16)17-9-11/h8-10H,4-7,16H2,1-3H3,(H,17,18). The molecule has 0 spiro atoms. The van der Waals surface area contributed by atoms with E-state index in [1.807, 2.05) is 18.7 Å². The monoisotopic (exact) mass is 298 g/mol. The van der Waals surface area contributed by atoms with Crippen LogP contribution in [0.1, 0.15) is 50.4 Å². The lowest BCUT2D eigenvalue weighted by Crippen LogP contribution is -2.37. The highest BCUT2D eigenvalue weighted by Crippen LogP contribution is 2.20. The number of hydrogen-bond donors (Lipinski definition) is 2. The van der Waals surface area contributed by atoms with E-state index in [1.54, 1.807) is 6.07 Å². The highest BCUT2D eigenvalue weighted by Gasteiger charge is 2.19. The van der Waals surface area contributed by atoms with Crippen LogP contribution in [0, 0.1) is 0 Å². The predicted molar refractivity (Wildman–Crippen MR) is 82.8 cm³/mol. The SMILES string of the molecule is CCCCCN(C(=O)c1cnc(NN)c(Cl)c1)C(C)C. The molecule has 0 saturated heterocycles. The summed E-state index contributed by atoms with van der Waals surface area (Å²) < 4.78 is 0. The number of nitrogens with one attached hydrogen (secondary N) is 1. The average Bonchev–Trinajstić information content (AvgIpc) is 2.42. The third-order valence-electron chi connectivity index (χ3n) is 3.11. The summed E-state index contributed by atoms with van der Waals surface area (Å²) in [5.74, 6) is 5.59. The third-order valence-corrected chi connectivity index (χ3v) is 3.40. The zero-order valence-electron chi connectivity index (χ0n) is 12.3. The maximum absolute atomic E-state index is 12.5. The van der Waals surface area contributed by atoms with E-state index in [0.717, 1.165) is 25.8 Å². The van der Waals surface area contributed by atoms with Crippen LogP contribution in [0.15, 0.2) is 12.3 Å². The van der Waals surface area contributed by atoms with Crippen molar-refractivity contribution in [2.45, 2.75) is 46.1 Å². The van der Waals surface area contributed by atoms with E-state index in [4.69, 9.17) is 17.4 Å². The molecule has 0 aliphatic rings. The second-order valence-electron chi connectivity index (χ2n) is 5.00. The first-order chi connectivity index (χ1) is 9.51. The van der Waals surface area contributed by atoms with E-state index < -0.39 is 0 Å². The normalized spacial score (nSPS) is 10.7. The van der Waals surface area contributed by atoms with Crippen molar-refractivity contribution in [1.29, 1.82) is 0 Å². The quantitative estimate of drug-likeness (QED) is 0.461. The molecule has 20 heavy (non-hydrogen) atoms. The van der Waals surface area contributed by atoms with Gasteiger partial charge in [-0.15, -0.1) is 0 Å². The third kappa shape index (κ3) is 4.35. The zero-order valence-corrected chi connectivity index (χ0v) is 13.1. The topological polar surface area (TPSA) is 71.2 Å². The number of hydrazine groups is 1. The number of carbonyl (C=O) groups is 1. The van der Waals surface area contributed by atoms with Crippen molar-refractivity contribution in [3.63, 3.8) is 0 Å². The number of halogens is 1. The molecule has 112 valence electrons. The van der Waals surface area contributed by atoms with Crippen LogP contribution in [0.2, 0.25) is 5.02 Å². The van der Waals surface area contributed by atoms with E-state index in [2.05, 4.69) is 17.3 Å². The Kier molecular flexibility index (Phi) is 6.75. The summed E-state index contributed by atoms with van der Waals surface area (Å²) >= 11 is 6.01. The molecule has 0 radical (unpaired) electrons. The van der Waals surface area contributed by atoms with E-state index >= 15 is 0 Å². The van der Waals surface area contributed by atoms with Gasteiger partial charge in [-0.3, -0.25) is 4.79 Å². The van der Waals surface area contributed by atoms with Crippen LogP contribution in [0.4, 0.5) is 5.82 Å². The fraction of sp³-hybridized carbons (Fsp3) is 0.571. The molecule has 1 heterocycles. The Morgan fingerprint density at radius 3 is 2.70 bits per heavy atom. The molecular weight excluding hydrogens is 276 g/mol. The molecule has 1 amide bonds. The van der Waals surface area contributed by atoms with Gasteiger partial charge in [0.15, 0.2) is 5.82 Å². The second-order valence-corrected chi connectivity index (χ2v) is 5.41. The number of unbranched alkanes of at least 4 members (excludes halogenated alkanes) is 2. The fourth-order valence-corrected chi connectivity index (χ4v) is 2.17. The Bertz CT molecular complexity index is 451. The molecule has 0 saturated carbocycles. The van der Waals surface area contributed by atoms with Gasteiger partial charge >= 0.3 is 0 Å². The fourth-order valence-electron chi connectivity index (χ4n) is 1.95. The van der Waals surface area contributed by atoms with Crippen LogP contribution in [0.5, 0.6) is 0 Å². The van der Waals surface area contributed by atoms with Gasteiger partial charge in [0.1, 0.15) is 0 Å². The number of carbonyl (C=O) groups excluding carboxylic acids is 1. The van der Waals surface area contributed by atoms with Crippen molar-refractivity contribution < 1.29 is 4.79 Å². The predicted octanol–water partition coefficient (Wildman–Crippen LogP) is 3.06. The zero-order chi connectivity index (χ0) is 15.1. The summed E-state index contributed by atoms with van der Waals surface area (Å²) in [5.41, 5.74) is 2.87. The lowest BCUT2D eigenvalue weighted by Gasteiger charge is -2.27. The molecule has 0 aliphatic heterocycles. The minimum Gasteiger partial charge on any atom is -0.336 e. The largest absolute Gasteiger partial charge is 0.336 e. The first-order valence-electron chi connectivity index (χ1n) is 6.94. The maximum atomic E-state index is 12.5. The summed E-state index contributed by atoms with van der Waals surface area (Å²) in [7, 11) is 0.